The van der Waals surface area contributed by atoms with Crippen molar-refractivity contribution in [2.24, 2.45) is 5.92 Å². The Morgan fingerprint density at radius 1 is 1.32 bits per heavy atom. The number of carbonyl (C=O) groups excluding carboxylic acids is 1. The number of ether oxygens (including phenoxy) is 1. The molecule has 2 heterocycles. The molecule has 5 heteroatoms. The zero-order valence-electron chi connectivity index (χ0n) is 13.8. The van der Waals surface area contributed by atoms with E-state index in [0.29, 0.717) is 23.7 Å². The van der Waals surface area contributed by atoms with E-state index in [-0.39, 0.29) is 18.1 Å². The van der Waals surface area contributed by atoms with Crippen LogP contribution < -0.4 is 0 Å². The number of hydrogen-bond donors (Lipinski definition) is 0. The Balaban J connectivity index is 1.38. The lowest BCUT2D eigenvalue weighted by atomic mass is 10.0. The predicted molar refractivity (Wildman–Crippen MR) is 91.5 cm³/mol. The van der Waals surface area contributed by atoms with Gasteiger partial charge in [-0.2, -0.15) is 5.26 Å². The molecule has 4 rings (SSSR count). The van der Waals surface area contributed by atoms with Gasteiger partial charge in [-0.25, -0.2) is 0 Å². The van der Waals surface area contributed by atoms with E-state index in [1.807, 2.05) is 23.2 Å². The Morgan fingerprint density at radius 2 is 2.24 bits per heavy atom. The number of hydrogen-bond acceptors (Lipinski definition) is 4. The second-order valence-corrected chi connectivity index (χ2v) is 6.75. The lowest BCUT2D eigenvalue weighted by molar-refractivity contribution is -0.00796. The van der Waals surface area contributed by atoms with E-state index in [0.717, 1.165) is 24.9 Å². The third kappa shape index (κ3) is 3.13. The Hall–Kier alpha value is -2.71. The van der Waals surface area contributed by atoms with Gasteiger partial charge in [0.25, 0.3) is 5.91 Å². The highest BCUT2D eigenvalue weighted by Gasteiger charge is 2.47. The molecule has 1 saturated heterocycles. The maximum absolute atomic E-state index is 12.8. The fraction of sp³-hybridized carbons (Fsp3) is 0.350. The third-order valence-corrected chi connectivity index (χ3v) is 5.16. The first-order chi connectivity index (χ1) is 12.2. The van der Waals surface area contributed by atoms with Crippen LogP contribution in [0.2, 0.25) is 0 Å². The summed E-state index contributed by atoms with van der Waals surface area (Å²) in [5.41, 5.74) is 2.19. The molecule has 2 aromatic rings. The number of likely N-dealkylation sites (tertiary alicyclic amines) is 1. The number of benzene rings is 1. The molecular formula is C20H19N3O2. The number of aromatic nitrogens is 1. The fourth-order valence-corrected chi connectivity index (χ4v) is 3.93. The molecule has 1 aromatic carbocycles. The minimum Gasteiger partial charge on any atom is -0.373 e. The smallest absolute Gasteiger partial charge is 0.254 e. The van der Waals surface area contributed by atoms with Crippen molar-refractivity contribution < 1.29 is 9.53 Å². The molecule has 1 aliphatic carbocycles. The van der Waals surface area contributed by atoms with Crippen LogP contribution >= 0.6 is 0 Å². The summed E-state index contributed by atoms with van der Waals surface area (Å²) in [4.78, 5) is 18.8. The molecule has 2 bridgehead atoms. The van der Waals surface area contributed by atoms with Gasteiger partial charge in [0.2, 0.25) is 0 Å². The Bertz CT molecular complexity index is 815. The molecule has 2 fully saturated rings. The molecule has 5 nitrogen and oxygen atoms in total. The van der Waals surface area contributed by atoms with E-state index < -0.39 is 0 Å². The number of piperidine rings is 1. The first-order valence-electron chi connectivity index (χ1n) is 8.56. The van der Waals surface area contributed by atoms with Crippen molar-refractivity contribution >= 4 is 5.91 Å². The van der Waals surface area contributed by atoms with Crippen molar-refractivity contribution in [3.8, 4) is 6.07 Å². The molecule has 126 valence electrons. The maximum atomic E-state index is 12.8. The number of pyridine rings is 1. The van der Waals surface area contributed by atoms with Crippen molar-refractivity contribution in [1.82, 2.24) is 9.88 Å². The van der Waals surface area contributed by atoms with Crippen LogP contribution in [-0.4, -0.2) is 34.5 Å². The molecule has 1 saturated carbocycles. The van der Waals surface area contributed by atoms with Crippen molar-refractivity contribution in [2.75, 3.05) is 6.54 Å². The standard InChI is InChI=1S/C20H19N3O2/c21-10-14-3-1-5-16(7-14)20(24)23-12-17-8-18(23)9-19(17)25-13-15-4-2-6-22-11-15/h1-7,11,17-19H,8-9,12-13H2/t17-,18+,19-/m1/s1. The first-order valence-corrected chi connectivity index (χ1v) is 8.56. The number of carbonyl (C=O) groups is 1. The van der Waals surface area contributed by atoms with Gasteiger partial charge in [-0.05, 0) is 42.7 Å². The average molecular weight is 333 g/mol. The average Bonchev–Trinajstić information content (AvgIpc) is 3.27. The summed E-state index contributed by atoms with van der Waals surface area (Å²) in [5, 5.41) is 9.01. The van der Waals surface area contributed by atoms with E-state index in [1.54, 1.807) is 30.5 Å². The van der Waals surface area contributed by atoms with Gasteiger partial charge in [-0.15, -0.1) is 0 Å². The van der Waals surface area contributed by atoms with Gasteiger partial charge in [0.1, 0.15) is 0 Å². The van der Waals surface area contributed by atoms with Gasteiger partial charge in [0.05, 0.1) is 24.3 Å². The molecule has 1 amide bonds. The SMILES string of the molecule is N#Cc1cccc(C(=O)N2C[C@H]3C[C@H]2C[C@H]3OCc2cccnc2)c1. The highest BCUT2D eigenvalue weighted by Crippen LogP contribution is 2.40. The molecular weight excluding hydrogens is 314 g/mol. The van der Waals surface area contributed by atoms with Crippen molar-refractivity contribution in [1.29, 1.82) is 5.26 Å². The van der Waals surface area contributed by atoms with Crippen LogP contribution in [0.4, 0.5) is 0 Å². The second-order valence-electron chi connectivity index (χ2n) is 6.75. The molecule has 2 aliphatic rings. The van der Waals surface area contributed by atoms with Gasteiger partial charge in [-0.3, -0.25) is 9.78 Å². The minimum absolute atomic E-state index is 0.0234. The molecule has 0 spiro atoms. The number of rotatable bonds is 4. The molecule has 3 atom stereocenters. The summed E-state index contributed by atoms with van der Waals surface area (Å²) < 4.78 is 6.07. The fourth-order valence-electron chi connectivity index (χ4n) is 3.93. The van der Waals surface area contributed by atoms with E-state index in [4.69, 9.17) is 10.00 Å². The van der Waals surface area contributed by atoms with E-state index in [1.165, 1.54) is 0 Å². The van der Waals surface area contributed by atoms with Crippen LogP contribution in [0, 0.1) is 17.2 Å². The normalized spacial score (nSPS) is 24.3. The third-order valence-electron chi connectivity index (χ3n) is 5.16. The van der Waals surface area contributed by atoms with Crippen molar-refractivity contribution in [2.45, 2.75) is 31.6 Å². The van der Waals surface area contributed by atoms with Crippen LogP contribution in [0.25, 0.3) is 0 Å². The van der Waals surface area contributed by atoms with Crippen LogP contribution in [0.15, 0.2) is 48.8 Å². The largest absolute Gasteiger partial charge is 0.373 e. The highest BCUT2D eigenvalue weighted by atomic mass is 16.5. The van der Waals surface area contributed by atoms with Gasteiger partial charge in [0, 0.05) is 36.5 Å². The number of amides is 1. The van der Waals surface area contributed by atoms with E-state index in [2.05, 4.69) is 11.1 Å². The number of fused-ring (bicyclic) bond motifs is 2. The zero-order valence-corrected chi connectivity index (χ0v) is 13.8. The molecule has 0 radical (unpaired) electrons. The van der Waals surface area contributed by atoms with E-state index in [9.17, 15) is 4.79 Å². The summed E-state index contributed by atoms with van der Waals surface area (Å²) in [6.45, 7) is 1.30. The Morgan fingerprint density at radius 3 is 2.96 bits per heavy atom. The lowest BCUT2D eigenvalue weighted by Gasteiger charge is -2.31. The summed E-state index contributed by atoms with van der Waals surface area (Å²) >= 11 is 0. The first kappa shape index (κ1) is 15.8. The maximum Gasteiger partial charge on any atom is 0.254 e. The number of nitriles is 1. The monoisotopic (exact) mass is 333 g/mol. The lowest BCUT2D eigenvalue weighted by Crippen LogP contribution is -2.42. The van der Waals surface area contributed by atoms with Gasteiger partial charge in [-0.1, -0.05) is 12.1 Å². The van der Waals surface area contributed by atoms with Gasteiger partial charge >= 0.3 is 0 Å². The Kier molecular flexibility index (Phi) is 4.21. The molecule has 0 N–H and O–H groups in total. The summed E-state index contributed by atoms with van der Waals surface area (Å²) in [5.74, 6) is 0.417. The van der Waals surface area contributed by atoms with Crippen LogP contribution in [-0.2, 0) is 11.3 Å². The topological polar surface area (TPSA) is 66.2 Å². The zero-order chi connectivity index (χ0) is 17.2. The molecule has 1 aromatic heterocycles. The Labute approximate surface area is 146 Å². The second kappa shape index (κ2) is 6.66. The van der Waals surface area contributed by atoms with Gasteiger partial charge < -0.3 is 9.64 Å². The van der Waals surface area contributed by atoms with Crippen LogP contribution in [0.3, 0.4) is 0 Å². The van der Waals surface area contributed by atoms with Crippen molar-refractivity contribution in [3.05, 3.63) is 65.5 Å². The summed E-state index contributed by atoms with van der Waals surface area (Å²) in [7, 11) is 0. The summed E-state index contributed by atoms with van der Waals surface area (Å²) in [6, 6.07) is 13.2. The molecule has 25 heavy (non-hydrogen) atoms. The number of nitrogens with zero attached hydrogens (tertiary/aromatic N) is 3. The minimum atomic E-state index is 0.0234. The van der Waals surface area contributed by atoms with E-state index >= 15 is 0 Å². The van der Waals surface area contributed by atoms with Gasteiger partial charge in [0.15, 0.2) is 0 Å². The van der Waals surface area contributed by atoms with Crippen molar-refractivity contribution in [3.63, 3.8) is 0 Å². The highest BCUT2D eigenvalue weighted by molar-refractivity contribution is 5.95. The summed E-state index contributed by atoms with van der Waals surface area (Å²) in [6.07, 6.45) is 5.67. The van der Waals surface area contributed by atoms with Crippen LogP contribution in [0.5, 0.6) is 0 Å². The molecule has 0 unspecified atom stereocenters. The quantitative estimate of drug-likeness (QED) is 0.863. The molecule has 1 aliphatic heterocycles. The predicted octanol–water partition coefficient (Wildman–Crippen LogP) is 2.77. The van der Waals surface area contributed by atoms with Crippen LogP contribution in [0.1, 0.15) is 34.3 Å².